The van der Waals surface area contributed by atoms with E-state index < -0.39 is 28.2 Å². The molecule has 4 aromatic carbocycles. The van der Waals surface area contributed by atoms with Crippen LogP contribution in [0.5, 0.6) is 5.75 Å². The highest BCUT2D eigenvalue weighted by molar-refractivity contribution is 5.78. The first kappa shape index (κ1) is 35.1. The molecular formula is C44H52N2O4. The normalized spacial score (nSPS) is 14.3. The maximum Gasteiger partial charge on any atom is 0.313 e. The summed E-state index contributed by atoms with van der Waals surface area (Å²) in [6.45, 7) is 18.4. The summed E-state index contributed by atoms with van der Waals surface area (Å²) in [5.41, 5.74) is 4.40. The standard InChI is InChI=1S/C44H52N2O4/c1-28(2)25-30-19-21-31(22-20-30)29(3)42(49)50-24-23-46-37-18-14-13-17-36(37)45-39(41(46)48)38(32-15-11-10-12-16-32)33-26-34(43(4,5)6)40(47)35(27-33)44(7,8)9/h10-22,26-29,38,47H,23-25H2,1-9H3/t29-,38?/m1/s1/i38D. The molecular weight excluding hydrogens is 620 g/mol. The van der Waals surface area contributed by atoms with Crippen LogP contribution in [0.2, 0.25) is 0 Å². The van der Waals surface area contributed by atoms with Crippen LogP contribution < -0.4 is 5.56 Å². The molecule has 0 aliphatic heterocycles. The lowest BCUT2D eigenvalue weighted by Gasteiger charge is -2.30. The van der Waals surface area contributed by atoms with Gasteiger partial charge in [0.05, 0.1) is 29.4 Å². The number of esters is 1. The number of carbonyl (C=O) groups excluding carboxylic acids is 1. The molecule has 1 unspecified atom stereocenters. The Kier molecular flexibility index (Phi) is 10.3. The van der Waals surface area contributed by atoms with Gasteiger partial charge >= 0.3 is 5.97 Å². The zero-order chi connectivity index (χ0) is 37.3. The molecule has 0 fully saturated rings. The second kappa shape index (κ2) is 14.6. The molecule has 0 spiro atoms. The van der Waals surface area contributed by atoms with Crippen molar-refractivity contribution in [3.63, 3.8) is 0 Å². The van der Waals surface area contributed by atoms with Crippen molar-refractivity contribution in [2.75, 3.05) is 6.61 Å². The van der Waals surface area contributed by atoms with Crippen molar-refractivity contribution in [2.24, 2.45) is 5.92 Å². The summed E-state index contributed by atoms with van der Waals surface area (Å²) in [5, 5.41) is 11.5. The van der Waals surface area contributed by atoms with Gasteiger partial charge in [0.2, 0.25) is 0 Å². The van der Waals surface area contributed by atoms with E-state index in [1.54, 1.807) is 4.57 Å². The fraction of sp³-hybridized carbons (Fsp3) is 0.386. The van der Waals surface area contributed by atoms with E-state index in [9.17, 15) is 16.1 Å². The molecule has 0 bridgehead atoms. The molecule has 0 amide bonds. The maximum atomic E-state index is 14.7. The number of carbonyl (C=O) groups is 1. The lowest BCUT2D eigenvalue weighted by molar-refractivity contribution is -0.145. The van der Waals surface area contributed by atoms with Crippen molar-refractivity contribution in [3.8, 4) is 5.75 Å². The van der Waals surface area contributed by atoms with E-state index in [0.29, 0.717) is 39.2 Å². The van der Waals surface area contributed by atoms with Crippen LogP contribution in [0.25, 0.3) is 11.0 Å². The smallest absolute Gasteiger partial charge is 0.313 e. The molecule has 1 aromatic heterocycles. The Labute approximate surface area is 298 Å². The number of phenols is 1. The van der Waals surface area contributed by atoms with Gasteiger partial charge in [0.25, 0.3) is 5.56 Å². The Bertz CT molecular complexity index is 2040. The second-order valence-corrected chi connectivity index (χ2v) is 15.8. The van der Waals surface area contributed by atoms with Gasteiger partial charge in [-0.15, -0.1) is 0 Å². The van der Waals surface area contributed by atoms with Crippen LogP contribution >= 0.6 is 0 Å². The molecule has 1 N–H and O–H groups in total. The van der Waals surface area contributed by atoms with Crippen molar-refractivity contribution < 1.29 is 16.0 Å². The Balaban J connectivity index is 1.59. The third kappa shape index (κ3) is 8.01. The monoisotopic (exact) mass is 673 g/mol. The van der Waals surface area contributed by atoms with Gasteiger partial charge in [0.1, 0.15) is 18.1 Å². The van der Waals surface area contributed by atoms with E-state index in [-0.39, 0.29) is 30.6 Å². The fourth-order valence-corrected chi connectivity index (χ4v) is 6.46. The van der Waals surface area contributed by atoms with Gasteiger partial charge in [0.15, 0.2) is 0 Å². The highest BCUT2D eigenvalue weighted by atomic mass is 16.5. The number of ether oxygens (including phenoxy) is 1. The zero-order valence-corrected chi connectivity index (χ0v) is 31.0. The first-order chi connectivity index (χ1) is 23.9. The van der Waals surface area contributed by atoms with Gasteiger partial charge in [-0.1, -0.05) is 134 Å². The number of benzene rings is 4. The summed E-state index contributed by atoms with van der Waals surface area (Å²) < 4.78 is 17.7. The molecule has 2 atom stereocenters. The van der Waals surface area contributed by atoms with Gasteiger partial charge in [-0.25, -0.2) is 4.98 Å². The quantitative estimate of drug-likeness (QED) is 0.149. The molecule has 6 nitrogen and oxygen atoms in total. The van der Waals surface area contributed by atoms with E-state index in [1.165, 1.54) is 5.56 Å². The van der Waals surface area contributed by atoms with Gasteiger partial charge in [-0.05, 0) is 75.6 Å². The molecule has 5 rings (SSSR count). The topological polar surface area (TPSA) is 81.4 Å². The number of hydrogen-bond acceptors (Lipinski definition) is 5. The highest BCUT2D eigenvalue weighted by Crippen LogP contribution is 2.43. The highest BCUT2D eigenvalue weighted by Gasteiger charge is 2.31. The van der Waals surface area contributed by atoms with Crippen LogP contribution in [0.4, 0.5) is 0 Å². The summed E-state index contributed by atoms with van der Waals surface area (Å²) in [6.07, 6.45) is 0.974. The summed E-state index contributed by atoms with van der Waals surface area (Å²) in [6, 6.07) is 28.4. The number of aromatic nitrogens is 2. The van der Waals surface area contributed by atoms with E-state index in [1.807, 2.05) is 127 Å². The molecule has 0 saturated heterocycles. The molecule has 1 heterocycles. The summed E-state index contributed by atoms with van der Waals surface area (Å²) in [5.74, 6) is -1.85. The molecule has 50 heavy (non-hydrogen) atoms. The van der Waals surface area contributed by atoms with Crippen molar-refractivity contribution in [1.29, 1.82) is 0 Å². The number of nitrogens with zero attached hydrogens (tertiary/aromatic N) is 2. The predicted molar refractivity (Wildman–Crippen MR) is 203 cm³/mol. The predicted octanol–water partition coefficient (Wildman–Crippen LogP) is 9.42. The first-order valence-corrected chi connectivity index (χ1v) is 17.6. The van der Waals surface area contributed by atoms with Crippen molar-refractivity contribution >= 4 is 17.0 Å². The zero-order valence-electron chi connectivity index (χ0n) is 32.0. The van der Waals surface area contributed by atoms with Gasteiger partial charge in [-0.2, -0.15) is 0 Å². The largest absolute Gasteiger partial charge is 0.507 e. The lowest BCUT2D eigenvalue weighted by atomic mass is 9.76. The summed E-state index contributed by atoms with van der Waals surface area (Å²) in [4.78, 5) is 32.9. The number of fused-ring (bicyclic) bond motifs is 1. The number of rotatable bonds is 10. The number of aromatic hydroxyl groups is 1. The van der Waals surface area contributed by atoms with Crippen LogP contribution in [0.15, 0.2) is 95.8 Å². The summed E-state index contributed by atoms with van der Waals surface area (Å²) >= 11 is 0. The SMILES string of the molecule is [2H]C(c1ccccc1)(c1cc(C(C)(C)C)c(O)c(C(C)(C)C)c1)c1nc2ccccc2n(CCOC(=O)[C@H](C)c2ccc(CC(C)C)cc2)c1=O. The average molecular weight is 674 g/mol. The van der Waals surface area contributed by atoms with E-state index in [4.69, 9.17) is 9.72 Å². The van der Waals surface area contributed by atoms with E-state index >= 15 is 0 Å². The third-order valence-corrected chi connectivity index (χ3v) is 9.20. The minimum absolute atomic E-state index is 0.0268. The van der Waals surface area contributed by atoms with Crippen LogP contribution in [-0.2, 0) is 33.3 Å². The lowest BCUT2D eigenvalue weighted by Crippen LogP contribution is -2.30. The molecule has 0 radical (unpaired) electrons. The summed E-state index contributed by atoms with van der Waals surface area (Å²) in [7, 11) is 0. The Morgan fingerprint density at radius 1 is 0.820 bits per heavy atom. The first-order valence-electron chi connectivity index (χ1n) is 18.1. The third-order valence-electron chi connectivity index (χ3n) is 9.20. The van der Waals surface area contributed by atoms with Crippen LogP contribution in [0, 0.1) is 5.92 Å². The average Bonchev–Trinajstić information content (AvgIpc) is 3.07. The van der Waals surface area contributed by atoms with E-state index in [0.717, 1.165) is 12.0 Å². The molecule has 0 aliphatic carbocycles. The minimum atomic E-state index is -1.75. The van der Waals surface area contributed by atoms with Gasteiger partial charge in [-0.3, -0.25) is 9.59 Å². The van der Waals surface area contributed by atoms with Crippen molar-refractivity contribution in [2.45, 2.75) is 97.9 Å². The molecule has 262 valence electrons. The fourth-order valence-electron chi connectivity index (χ4n) is 6.46. The Morgan fingerprint density at radius 3 is 1.98 bits per heavy atom. The Morgan fingerprint density at radius 2 is 1.40 bits per heavy atom. The van der Waals surface area contributed by atoms with Crippen molar-refractivity contribution in [3.05, 3.63) is 140 Å². The van der Waals surface area contributed by atoms with Gasteiger partial charge in [0, 0.05) is 1.37 Å². The molecule has 5 aromatic rings. The van der Waals surface area contributed by atoms with E-state index in [2.05, 4.69) is 26.0 Å². The number of para-hydroxylation sites is 2. The Hall–Kier alpha value is -4.71. The maximum absolute atomic E-state index is 14.7. The molecule has 0 aliphatic rings. The number of hydrogen-bond donors (Lipinski definition) is 1. The number of phenolic OH excluding ortho intramolecular Hbond substituents is 1. The van der Waals surface area contributed by atoms with Crippen LogP contribution in [-0.4, -0.2) is 27.2 Å². The molecule has 0 saturated carbocycles. The molecule has 6 heteroatoms. The van der Waals surface area contributed by atoms with Crippen LogP contribution in [0.1, 0.15) is 115 Å². The minimum Gasteiger partial charge on any atom is -0.507 e. The van der Waals surface area contributed by atoms with Gasteiger partial charge < -0.3 is 14.4 Å². The van der Waals surface area contributed by atoms with Crippen LogP contribution in [0.3, 0.4) is 0 Å². The van der Waals surface area contributed by atoms with Crippen molar-refractivity contribution in [1.82, 2.24) is 9.55 Å². The second-order valence-electron chi connectivity index (χ2n) is 15.8.